The number of unbranched alkanes of at least 4 members (excludes halogenated alkanes) is 1. The smallest absolute Gasteiger partial charge is 0.230 e. The van der Waals surface area contributed by atoms with Crippen LogP contribution in [0.15, 0.2) is 41.0 Å². The lowest BCUT2D eigenvalue weighted by Gasteiger charge is -2.21. The molecule has 0 spiro atoms. The second-order valence-electron chi connectivity index (χ2n) is 5.38. The average molecular weight is 286 g/mol. The van der Waals surface area contributed by atoms with Crippen LogP contribution in [0.25, 0.3) is 11.5 Å². The van der Waals surface area contributed by atoms with E-state index in [2.05, 4.69) is 11.9 Å². The highest BCUT2D eigenvalue weighted by Crippen LogP contribution is 2.23. The predicted octanol–water partition coefficient (Wildman–Crippen LogP) is 4.13. The maximum absolute atomic E-state index is 12.3. The van der Waals surface area contributed by atoms with Crippen molar-refractivity contribution in [1.82, 2.24) is 4.98 Å². The Labute approximate surface area is 125 Å². The molecule has 0 saturated carbocycles. The van der Waals surface area contributed by atoms with Crippen molar-refractivity contribution in [3.63, 3.8) is 0 Å². The molecule has 0 bridgehead atoms. The van der Waals surface area contributed by atoms with Gasteiger partial charge in [-0.05, 0) is 18.6 Å². The van der Waals surface area contributed by atoms with Gasteiger partial charge in [-0.1, -0.05) is 45.4 Å². The van der Waals surface area contributed by atoms with Gasteiger partial charge in [0.05, 0.1) is 0 Å². The van der Waals surface area contributed by atoms with Crippen molar-refractivity contribution in [2.75, 3.05) is 11.4 Å². The first kappa shape index (κ1) is 15.3. The van der Waals surface area contributed by atoms with Crippen molar-refractivity contribution < 1.29 is 9.21 Å². The van der Waals surface area contributed by atoms with E-state index in [9.17, 15) is 4.79 Å². The molecule has 0 saturated heterocycles. The summed E-state index contributed by atoms with van der Waals surface area (Å²) in [6, 6.07) is 9.70. The van der Waals surface area contributed by atoms with E-state index < -0.39 is 0 Å². The second kappa shape index (κ2) is 7.07. The van der Waals surface area contributed by atoms with Gasteiger partial charge in [-0.3, -0.25) is 9.69 Å². The Balaban J connectivity index is 2.25. The minimum atomic E-state index is -0.0567. The molecule has 0 radical (unpaired) electrons. The van der Waals surface area contributed by atoms with E-state index in [-0.39, 0.29) is 11.8 Å². The van der Waals surface area contributed by atoms with Crippen molar-refractivity contribution >= 4 is 11.7 Å². The fourth-order valence-corrected chi connectivity index (χ4v) is 2.07. The highest BCUT2D eigenvalue weighted by Gasteiger charge is 2.21. The summed E-state index contributed by atoms with van der Waals surface area (Å²) in [7, 11) is 0. The fraction of sp³-hybridized carbons (Fsp3) is 0.412. The topological polar surface area (TPSA) is 46.3 Å². The monoisotopic (exact) mass is 286 g/mol. The largest absolute Gasteiger partial charge is 0.442 e. The molecule has 0 aliphatic carbocycles. The van der Waals surface area contributed by atoms with Crippen molar-refractivity contribution in [2.24, 2.45) is 5.92 Å². The van der Waals surface area contributed by atoms with Crippen LogP contribution in [0.2, 0.25) is 0 Å². The first-order valence-corrected chi connectivity index (χ1v) is 7.45. The zero-order valence-electron chi connectivity index (χ0n) is 12.9. The molecule has 0 N–H and O–H groups in total. The number of hydrogen-bond donors (Lipinski definition) is 0. The number of oxazole rings is 1. The Morgan fingerprint density at radius 2 is 2.00 bits per heavy atom. The first-order valence-electron chi connectivity index (χ1n) is 7.45. The maximum Gasteiger partial charge on any atom is 0.230 e. The Morgan fingerprint density at radius 3 is 2.62 bits per heavy atom. The molecule has 0 aliphatic rings. The van der Waals surface area contributed by atoms with Crippen LogP contribution in [-0.4, -0.2) is 17.4 Å². The number of carbonyl (C=O) groups excluding carboxylic acids is 1. The van der Waals surface area contributed by atoms with E-state index in [0.717, 1.165) is 18.4 Å². The third-order valence-corrected chi connectivity index (χ3v) is 3.28. The lowest BCUT2D eigenvalue weighted by molar-refractivity contribution is -0.121. The van der Waals surface area contributed by atoms with E-state index >= 15 is 0 Å². The minimum absolute atomic E-state index is 0.0567. The van der Waals surface area contributed by atoms with Gasteiger partial charge in [0.1, 0.15) is 6.26 Å². The average Bonchev–Trinajstić information content (AvgIpc) is 2.98. The fourth-order valence-electron chi connectivity index (χ4n) is 2.07. The summed E-state index contributed by atoms with van der Waals surface area (Å²) in [5.41, 5.74) is 0.913. The van der Waals surface area contributed by atoms with Crippen LogP contribution >= 0.6 is 0 Å². The quantitative estimate of drug-likeness (QED) is 0.802. The summed E-state index contributed by atoms with van der Waals surface area (Å²) in [6.45, 7) is 6.59. The molecular formula is C17H22N2O2. The number of anilines is 1. The molecule has 1 aromatic carbocycles. The summed E-state index contributed by atoms with van der Waals surface area (Å²) in [6.07, 6.45) is 3.55. The lowest BCUT2D eigenvalue weighted by atomic mass is 10.2. The normalized spacial score (nSPS) is 10.9. The van der Waals surface area contributed by atoms with Gasteiger partial charge in [-0.25, -0.2) is 0 Å². The van der Waals surface area contributed by atoms with Gasteiger partial charge in [0.15, 0.2) is 5.82 Å². The van der Waals surface area contributed by atoms with Crippen molar-refractivity contribution in [3.05, 3.63) is 36.6 Å². The molecule has 2 aromatic rings. The molecule has 1 amide bonds. The van der Waals surface area contributed by atoms with Gasteiger partial charge in [0.2, 0.25) is 11.8 Å². The summed E-state index contributed by atoms with van der Waals surface area (Å²) in [5.74, 6) is 1.17. The lowest BCUT2D eigenvalue weighted by Crippen LogP contribution is -2.35. The summed E-state index contributed by atoms with van der Waals surface area (Å²) < 4.78 is 5.54. The van der Waals surface area contributed by atoms with E-state index in [0.29, 0.717) is 18.3 Å². The van der Waals surface area contributed by atoms with Crippen LogP contribution < -0.4 is 4.90 Å². The molecule has 4 heteroatoms. The number of rotatable bonds is 6. The van der Waals surface area contributed by atoms with Crippen molar-refractivity contribution in [1.29, 1.82) is 0 Å². The number of benzene rings is 1. The number of amides is 1. The maximum atomic E-state index is 12.3. The predicted molar refractivity (Wildman–Crippen MR) is 84.0 cm³/mol. The van der Waals surface area contributed by atoms with E-state index in [1.807, 2.05) is 44.2 Å². The molecule has 1 heterocycles. The van der Waals surface area contributed by atoms with Crippen molar-refractivity contribution in [3.8, 4) is 11.5 Å². The van der Waals surface area contributed by atoms with E-state index in [1.165, 1.54) is 0 Å². The van der Waals surface area contributed by atoms with E-state index in [4.69, 9.17) is 4.42 Å². The molecule has 1 aromatic heterocycles. The molecular weight excluding hydrogens is 264 g/mol. The molecule has 0 unspecified atom stereocenters. The van der Waals surface area contributed by atoms with Gasteiger partial charge in [0, 0.05) is 18.0 Å². The molecule has 0 atom stereocenters. The number of nitrogens with zero attached hydrogens (tertiary/aromatic N) is 2. The molecule has 2 rings (SSSR count). The van der Waals surface area contributed by atoms with Crippen LogP contribution in [0.4, 0.5) is 5.82 Å². The first-order chi connectivity index (χ1) is 10.1. The van der Waals surface area contributed by atoms with E-state index in [1.54, 1.807) is 11.2 Å². The zero-order chi connectivity index (χ0) is 15.2. The summed E-state index contributed by atoms with van der Waals surface area (Å²) >= 11 is 0. The van der Waals surface area contributed by atoms with Crippen LogP contribution in [0.1, 0.15) is 33.6 Å². The standard InChI is InChI=1S/C17H22N2O2/c1-4-5-11-19(17(20)13(2)3)15-12-21-16(18-15)14-9-7-6-8-10-14/h6-10,12-13H,4-5,11H2,1-3H3. The van der Waals surface area contributed by atoms with Gasteiger partial charge in [-0.15, -0.1) is 0 Å². The Kier molecular flexibility index (Phi) is 5.14. The third kappa shape index (κ3) is 3.72. The van der Waals surface area contributed by atoms with Gasteiger partial charge < -0.3 is 4.42 Å². The molecule has 0 fully saturated rings. The molecule has 21 heavy (non-hydrogen) atoms. The van der Waals surface area contributed by atoms with Crippen LogP contribution in [0, 0.1) is 5.92 Å². The number of hydrogen-bond acceptors (Lipinski definition) is 3. The summed E-state index contributed by atoms with van der Waals surface area (Å²) in [4.78, 5) is 18.5. The van der Waals surface area contributed by atoms with Gasteiger partial charge in [0.25, 0.3) is 0 Å². The second-order valence-corrected chi connectivity index (χ2v) is 5.38. The van der Waals surface area contributed by atoms with Crippen LogP contribution in [-0.2, 0) is 4.79 Å². The zero-order valence-corrected chi connectivity index (χ0v) is 12.9. The molecule has 0 aliphatic heterocycles. The summed E-state index contributed by atoms with van der Waals surface area (Å²) in [5, 5.41) is 0. The van der Waals surface area contributed by atoms with Gasteiger partial charge >= 0.3 is 0 Å². The highest BCUT2D eigenvalue weighted by molar-refractivity contribution is 5.93. The molecule has 4 nitrogen and oxygen atoms in total. The van der Waals surface area contributed by atoms with Gasteiger partial charge in [-0.2, -0.15) is 4.98 Å². The van der Waals surface area contributed by atoms with Crippen LogP contribution in [0.3, 0.4) is 0 Å². The minimum Gasteiger partial charge on any atom is -0.442 e. The molecule has 112 valence electrons. The highest BCUT2D eigenvalue weighted by atomic mass is 16.3. The third-order valence-electron chi connectivity index (χ3n) is 3.28. The Morgan fingerprint density at radius 1 is 1.29 bits per heavy atom. The Bertz CT molecular complexity index is 575. The van der Waals surface area contributed by atoms with Crippen LogP contribution in [0.5, 0.6) is 0 Å². The van der Waals surface area contributed by atoms with Crippen molar-refractivity contribution in [2.45, 2.75) is 33.6 Å². The number of aromatic nitrogens is 1. The Hall–Kier alpha value is -2.10. The SMILES string of the molecule is CCCCN(C(=O)C(C)C)c1coc(-c2ccccc2)n1. The number of carbonyl (C=O) groups is 1.